The van der Waals surface area contributed by atoms with Crippen LogP contribution in [0, 0.1) is 17.0 Å². The van der Waals surface area contributed by atoms with Gasteiger partial charge in [-0.25, -0.2) is 9.48 Å². The van der Waals surface area contributed by atoms with Crippen molar-refractivity contribution in [2.75, 3.05) is 18.6 Å². The van der Waals surface area contributed by atoms with Crippen molar-refractivity contribution < 1.29 is 29.1 Å². The number of aromatic nitrogens is 3. The SMILES string of the molecule is COc1ccccc1CN(C(=O)c1cc(-c2cc([N+](=O)[O-])ccc2C(=O)O)n(C)c1C)c1ccc2cnn(C3CCCCO3)c2c1. The molecule has 1 aliphatic heterocycles. The van der Waals surface area contributed by atoms with Gasteiger partial charge in [0.1, 0.15) is 5.75 Å². The largest absolute Gasteiger partial charge is 0.496 e. The van der Waals surface area contributed by atoms with Crippen LogP contribution in [0.5, 0.6) is 5.75 Å². The highest BCUT2D eigenvalue weighted by molar-refractivity contribution is 6.09. The zero-order valence-corrected chi connectivity index (χ0v) is 25.7. The summed E-state index contributed by atoms with van der Waals surface area (Å²) in [6.07, 6.45) is 4.47. The number of hydrogen-bond donors (Lipinski definition) is 1. The molecular weight excluding hydrogens is 590 g/mol. The highest BCUT2D eigenvalue weighted by atomic mass is 16.6. The van der Waals surface area contributed by atoms with E-state index < -0.39 is 10.9 Å². The molecule has 0 radical (unpaired) electrons. The van der Waals surface area contributed by atoms with E-state index in [0.717, 1.165) is 41.8 Å². The van der Waals surface area contributed by atoms with Crippen LogP contribution < -0.4 is 9.64 Å². The molecule has 3 aromatic carbocycles. The number of aromatic carboxylic acids is 1. The average Bonchev–Trinajstić information content (AvgIpc) is 3.63. The number of carbonyl (C=O) groups excluding carboxylic acids is 1. The molecule has 0 aliphatic carbocycles. The molecule has 5 aromatic rings. The molecular formula is C34H33N5O7. The van der Waals surface area contributed by atoms with E-state index in [1.807, 2.05) is 47.1 Å². The van der Waals surface area contributed by atoms with Crippen molar-refractivity contribution in [3.63, 3.8) is 0 Å². The fourth-order valence-corrected chi connectivity index (χ4v) is 5.99. The zero-order valence-electron chi connectivity index (χ0n) is 25.7. The van der Waals surface area contributed by atoms with Gasteiger partial charge in [-0.3, -0.25) is 14.9 Å². The van der Waals surface area contributed by atoms with Gasteiger partial charge in [0.25, 0.3) is 11.6 Å². The average molecular weight is 624 g/mol. The van der Waals surface area contributed by atoms with Crippen LogP contribution in [0.25, 0.3) is 22.2 Å². The Labute approximate surface area is 264 Å². The summed E-state index contributed by atoms with van der Waals surface area (Å²) in [6.45, 7) is 2.59. The molecule has 236 valence electrons. The molecule has 1 N–H and O–H groups in total. The fourth-order valence-electron chi connectivity index (χ4n) is 5.99. The smallest absolute Gasteiger partial charge is 0.336 e. The van der Waals surface area contributed by atoms with Gasteiger partial charge >= 0.3 is 5.97 Å². The van der Waals surface area contributed by atoms with Crippen LogP contribution in [0.2, 0.25) is 0 Å². The Bertz CT molecular complexity index is 1970. The number of para-hydroxylation sites is 1. The number of rotatable bonds is 9. The first-order valence-corrected chi connectivity index (χ1v) is 14.9. The molecule has 0 spiro atoms. The number of benzene rings is 3. The Morgan fingerprint density at radius 1 is 1.11 bits per heavy atom. The van der Waals surface area contributed by atoms with E-state index in [1.165, 1.54) is 12.1 Å². The number of nitro benzene ring substituents is 1. The van der Waals surface area contributed by atoms with Crippen LogP contribution in [-0.4, -0.2) is 50.0 Å². The lowest BCUT2D eigenvalue weighted by atomic mass is 10.0. The molecule has 46 heavy (non-hydrogen) atoms. The lowest BCUT2D eigenvalue weighted by Gasteiger charge is -2.26. The summed E-state index contributed by atoms with van der Waals surface area (Å²) in [4.78, 5) is 39.4. The molecule has 0 bridgehead atoms. The van der Waals surface area contributed by atoms with E-state index in [2.05, 4.69) is 5.10 Å². The highest BCUT2D eigenvalue weighted by Gasteiger charge is 2.28. The van der Waals surface area contributed by atoms with Gasteiger partial charge in [-0.1, -0.05) is 18.2 Å². The van der Waals surface area contributed by atoms with Gasteiger partial charge in [0, 0.05) is 59.4 Å². The number of carbonyl (C=O) groups is 2. The molecule has 1 atom stereocenters. The van der Waals surface area contributed by atoms with Gasteiger partial charge in [0.2, 0.25) is 0 Å². The number of carboxylic acids is 1. The van der Waals surface area contributed by atoms with Crippen molar-refractivity contribution in [3.05, 3.63) is 105 Å². The maximum atomic E-state index is 14.6. The predicted octanol–water partition coefficient (Wildman–Crippen LogP) is 6.51. The second-order valence-corrected chi connectivity index (χ2v) is 11.2. The Balaban J connectivity index is 1.48. The lowest BCUT2D eigenvalue weighted by Crippen LogP contribution is -2.31. The minimum Gasteiger partial charge on any atom is -0.496 e. The summed E-state index contributed by atoms with van der Waals surface area (Å²) < 4.78 is 15.2. The lowest BCUT2D eigenvalue weighted by molar-refractivity contribution is -0.384. The van der Waals surface area contributed by atoms with Crippen LogP contribution in [-0.2, 0) is 18.3 Å². The van der Waals surface area contributed by atoms with Gasteiger partial charge < -0.3 is 24.0 Å². The van der Waals surface area contributed by atoms with Gasteiger partial charge in [-0.2, -0.15) is 5.10 Å². The maximum absolute atomic E-state index is 14.6. The van der Waals surface area contributed by atoms with Crippen LogP contribution in [0.15, 0.2) is 72.9 Å². The maximum Gasteiger partial charge on any atom is 0.336 e. The minimum absolute atomic E-state index is 0.111. The van der Waals surface area contributed by atoms with E-state index in [1.54, 1.807) is 42.8 Å². The quantitative estimate of drug-likeness (QED) is 0.145. The van der Waals surface area contributed by atoms with E-state index in [0.29, 0.717) is 35.0 Å². The third kappa shape index (κ3) is 5.58. The number of carboxylic acid groups (broad SMARTS) is 1. The molecule has 1 unspecified atom stereocenters. The Hall–Kier alpha value is -5.49. The van der Waals surface area contributed by atoms with Gasteiger partial charge in [0.15, 0.2) is 6.23 Å². The van der Waals surface area contributed by atoms with Gasteiger partial charge in [-0.05, 0) is 62.6 Å². The van der Waals surface area contributed by atoms with E-state index >= 15 is 0 Å². The first-order valence-electron chi connectivity index (χ1n) is 14.9. The van der Waals surface area contributed by atoms with Crippen LogP contribution >= 0.6 is 0 Å². The third-order valence-corrected chi connectivity index (χ3v) is 8.57. The zero-order chi connectivity index (χ0) is 32.5. The molecule has 1 saturated heterocycles. The molecule has 1 fully saturated rings. The van der Waals surface area contributed by atoms with Crippen LogP contribution in [0.4, 0.5) is 11.4 Å². The molecule has 0 saturated carbocycles. The predicted molar refractivity (Wildman–Crippen MR) is 171 cm³/mol. The van der Waals surface area contributed by atoms with Crippen LogP contribution in [0.3, 0.4) is 0 Å². The first-order chi connectivity index (χ1) is 22.2. The number of amides is 1. The third-order valence-electron chi connectivity index (χ3n) is 8.57. The first kappa shape index (κ1) is 30.5. The molecule has 12 nitrogen and oxygen atoms in total. The van der Waals surface area contributed by atoms with E-state index in [-0.39, 0.29) is 35.5 Å². The molecule has 1 aliphatic rings. The molecule has 6 rings (SSSR count). The van der Waals surface area contributed by atoms with Gasteiger partial charge in [-0.15, -0.1) is 0 Å². The molecule has 1 amide bonds. The standard InChI is InChI=1S/C34H33N5O7/c1-21-27(18-30(36(21)2)28-16-25(39(43)44)13-14-26(28)34(41)42)33(40)37(20-23-8-4-5-9-31(23)45-3)24-12-11-22-19-35-38(29(22)17-24)32-10-6-7-15-46-32/h4-5,8-9,11-14,16-19,32H,6-7,10,15,20H2,1-3H3,(H,41,42). The second-order valence-electron chi connectivity index (χ2n) is 11.2. The van der Waals surface area contributed by atoms with Crippen molar-refractivity contribution >= 4 is 34.2 Å². The van der Waals surface area contributed by atoms with Crippen molar-refractivity contribution in [2.24, 2.45) is 7.05 Å². The monoisotopic (exact) mass is 623 g/mol. The summed E-state index contributed by atoms with van der Waals surface area (Å²) in [7, 11) is 3.28. The molecule has 12 heteroatoms. The summed E-state index contributed by atoms with van der Waals surface area (Å²) in [6, 6.07) is 18.4. The summed E-state index contributed by atoms with van der Waals surface area (Å²) in [5.74, 6) is -0.955. The number of nitrogens with zero attached hydrogens (tertiary/aromatic N) is 5. The Morgan fingerprint density at radius 3 is 2.63 bits per heavy atom. The van der Waals surface area contributed by atoms with Crippen molar-refractivity contribution in [1.82, 2.24) is 14.3 Å². The Kier molecular flexibility index (Phi) is 8.29. The number of non-ortho nitro benzene ring substituents is 1. The van der Waals surface area contributed by atoms with Crippen molar-refractivity contribution in [2.45, 2.75) is 39.0 Å². The number of ether oxygens (including phenoxy) is 2. The number of nitro groups is 1. The number of fused-ring (bicyclic) bond motifs is 1. The van der Waals surface area contributed by atoms with Crippen molar-refractivity contribution in [3.8, 4) is 17.0 Å². The van der Waals surface area contributed by atoms with Crippen molar-refractivity contribution in [1.29, 1.82) is 0 Å². The Morgan fingerprint density at radius 2 is 1.91 bits per heavy atom. The topological polar surface area (TPSA) is 142 Å². The summed E-state index contributed by atoms with van der Waals surface area (Å²) >= 11 is 0. The molecule has 3 heterocycles. The normalized spacial score (nSPS) is 14.7. The number of anilines is 1. The number of methoxy groups -OCH3 is 1. The summed E-state index contributed by atoms with van der Waals surface area (Å²) in [5, 5.41) is 27.0. The van der Waals surface area contributed by atoms with E-state index in [9.17, 15) is 24.8 Å². The number of hydrogen-bond acceptors (Lipinski definition) is 7. The minimum atomic E-state index is -1.23. The van der Waals surface area contributed by atoms with Gasteiger partial charge in [0.05, 0.1) is 41.4 Å². The fraction of sp³-hybridized carbons (Fsp3) is 0.265. The van der Waals surface area contributed by atoms with Crippen LogP contribution in [0.1, 0.15) is 57.5 Å². The molecule has 2 aromatic heterocycles. The van der Waals surface area contributed by atoms with E-state index in [4.69, 9.17) is 9.47 Å². The summed E-state index contributed by atoms with van der Waals surface area (Å²) in [5.41, 5.74) is 3.25. The highest BCUT2D eigenvalue weighted by Crippen LogP contribution is 2.35. The second kappa shape index (κ2) is 12.5.